The van der Waals surface area contributed by atoms with E-state index >= 15 is 0 Å². The zero-order chi connectivity index (χ0) is 25.9. The number of rotatable bonds is 7. The first-order chi connectivity index (χ1) is 17.2. The molecule has 2 aromatic rings. The van der Waals surface area contributed by atoms with Crippen LogP contribution in [0.4, 0.5) is 13.2 Å². The summed E-state index contributed by atoms with van der Waals surface area (Å²) >= 11 is 1.55. The maximum Gasteiger partial charge on any atom is 0.416 e. The summed E-state index contributed by atoms with van der Waals surface area (Å²) in [6.07, 6.45) is -0.724. The van der Waals surface area contributed by atoms with Crippen molar-refractivity contribution in [3.8, 4) is 0 Å². The van der Waals surface area contributed by atoms with Gasteiger partial charge in [-0.1, -0.05) is 19.4 Å². The Morgan fingerprint density at radius 3 is 2.75 bits per heavy atom. The van der Waals surface area contributed by atoms with Gasteiger partial charge in [0.2, 0.25) is 5.91 Å². The molecular weight excluding hydrogens is 493 g/mol. The number of carbonyl (C=O) groups is 2. The van der Waals surface area contributed by atoms with Crippen molar-refractivity contribution >= 4 is 23.2 Å². The molecular formula is C25H31F3N4O3S. The largest absolute Gasteiger partial charge is 0.416 e. The van der Waals surface area contributed by atoms with Crippen molar-refractivity contribution in [2.45, 2.75) is 50.4 Å². The third-order valence-corrected chi connectivity index (χ3v) is 8.33. The molecule has 4 N–H and O–H groups in total. The van der Waals surface area contributed by atoms with Crippen LogP contribution < -0.4 is 16.0 Å². The monoisotopic (exact) mass is 524 g/mol. The lowest BCUT2D eigenvalue weighted by Gasteiger charge is -2.41. The van der Waals surface area contributed by atoms with Crippen LogP contribution in [0.25, 0.3) is 0 Å². The zero-order valence-electron chi connectivity index (χ0n) is 19.9. The summed E-state index contributed by atoms with van der Waals surface area (Å²) in [5, 5.41) is 22.5. The van der Waals surface area contributed by atoms with Gasteiger partial charge in [0.25, 0.3) is 5.91 Å². The van der Waals surface area contributed by atoms with E-state index in [0.29, 0.717) is 6.54 Å². The summed E-state index contributed by atoms with van der Waals surface area (Å²) < 4.78 is 38.7. The predicted molar refractivity (Wildman–Crippen MR) is 129 cm³/mol. The summed E-state index contributed by atoms with van der Waals surface area (Å²) in [4.78, 5) is 29.4. The lowest BCUT2D eigenvalue weighted by molar-refractivity contribution is -0.137. The number of aromatic nitrogens is 1. The van der Waals surface area contributed by atoms with Gasteiger partial charge in [-0.3, -0.25) is 9.59 Å². The van der Waals surface area contributed by atoms with Crippen LogP contribution in [-0.2, 0) is 11.0 Å². The molecule has 4 rings (SSSR count). The third-order valence-electron chi connectivity index (χ3n) is 7.43. The Kier molecular flexibility index (Phi) is 8.31. The zero-order valence-corrected chi connectivity index (χ0v) is 20.7. The Hall–Kier alpha value is -2.50. The van der Waals surface area contributed by atoms with E-state index in [2.05, 4.69) is 27.9 Å². The summed E-state index contributed by atoms with van der Waals surface area (Å²) in [6.45, 7) is 3.08. The van der Waals surface area contributed by atoms with E-state index in [9.17, 15) is 27.9 Å². The molecule has 6 atom stereocenters. The molecule has 36 heavy (non-hydrogen) atoms. The molecule has 196 valence electrons. The molecule has 5 unspecified atom stereocenters. The fourth-order valence-electron chi connectivity index (χ4n) is 5.55. The van der Waals surface area contributed by atoms with E-state index in [0.717, 1.165) is 49.0 Å². The third kappa shape index (κ3) is 6.07. The van der Waals surface area contributed by atoms with Crippen molar-refractivity contribution in [2.24, 2.45) is 17.8 Å². The number of halogens is 3. The molecule has 2 heterocycles. The van der Waals surface area contributed by atoms with Crippen molar-refractivity contribution in [1.29, 1.82) is 0 Å². The average molecular weight is 525 g/mol. The number of carbonyl (C=O) groups excluding carboxylic acids is 2. The number of hydrogen-bond acceptors (Lipinski definition) is 6. The van der Waals surface area contributed by atoms with Crippen LogP contribution in [-0.4, -0.2) is 53.7 Å². The fourth-order valence-corrected chi connectivity index (χ4v) is 6.34. The van der Waals surface area contributed by atoms with Gasteiger partial charge < -0.3 is 21.1 Å². The summed E-state index contributed by atoms with van der Waals surface area (Å²) in [6, 6.07) is 3.96. The molecule has 0 bridgehead atoms. The van der Waals surface area contributed by atoms with Crippen LogP contribution in [0.3, 0.4) is 0 Å². The van der Waals surface area contributed by atoms with Crippen LogP contribution in [0.2, 0.25) is 0 Å². The lowest BCUT2D eigenvalue weighted by atomic mass is 9.67. The van der Waals surface area contributed by atoms with Gasteiger partial charge in [0.1, 0.15) is 0 Å². The molecule has 0 radical (unpaired) electrons. The number of benzene rings is 1. The number of aliphatic hydroxyl groups is 1. The normalized spacial score (nSPS) is 28.6. The van der Waals surface area contributed by atoms with E-state index in [4.69, 9.17) is 0 Å². The van der Waals surface area contributed by atoms with E-state index in [1.54, 1.807) is 17.5 Å². The number of aliphatic hydroxyl groups excluding tert-OH is 1. The van der Waals surface area contributed by atoms with E-state index in [-0.39, 0.29) is 41.8 Å². The molecule has 1 aromatic carbocycles. The first-order valence-corrected chi connectivity index (χ1v) is 13.1. The van der Waals surface area contributed by atoms with Gasteiger partial charge >= 0.3 is 6.18 Å². The molecule has 11 heteroatoms. The predicted octanol–water partition coefficient (Wildman–Crippen LogP) is 3.18. The second-order valence-corrected chi connectivity index (χ2v) is 10.6. The number of thiazole rings is 1. The molecule has 0 spiro atoms. The second-order valence-electron chi connectivity index (χ2n) is 9.62. The Bertz CT molecular complexity index is 1050. The van der Waals surface area contributed by atoms with Crippen LogP contribution in [0.1, 0.15) is 53.0 Å². The Labute approximate surface area is 211 Å². The minimum Gasteiger partial charge on any atom is -0.392 e. The minimum absolute atomic E-state index is 0.0302. The molecule has 7 nitrogen and oxygen atoms in total. The van der Waals surface area contributed by atoms with Crippen LogP contribution in [0, 0.1) is 17.8 Å². The first-order valence-electron chi connectivity index (χ1n) is 12.2. The Balaban J connectivity index is 1.35. The summed E-state index contributed by atoms with van der Waals surface area (Å²) in [7, 11) is 0. The van der Waals surface area contributed by atoms with Gasteiger partial charge in [-0.25, -0.2) is 4.98 Å². The quantitative estimate of drug-likeness (QED) is 0.446. The van der Waals surface area contributed by atoms with Crippen LogP contribution in [0.15, 0.2) is 35.8 Å². The maximum absolute atomic E-state index is 12.9. The second kappa shape index (κ2) is 11.3. The number of alkyl halides is 3. The highest BCUT2D eigenvalue weighted by atomic mass is 32.1. The fraction of sp³-hybridized carbons (Fsp3) is 0.560. The van der Waals surface area contributed by atoms with Gasteiger partial charge in [-0.2, -0.15) is 13.2 Å². The van der Waals surface area contributed by atoms with Crippen molar-refractivity contribution in [3.05, 3.63) is 52.0 Å². The Morgan fingerprint density at radius 1 is 1.25 bits per heavy atom. The molecule has 2 amide bonds. The molecule has 1 aliphatic heterocycles. The molecule has 2 fully saturated rings. The number of hydrogen-bond donors (Lipinski definition) is 4. The highest BCUT2D eigenvalue weighted by Gasteiger charge is 2.44. The summed E-state index contributed by atoms with van der Waals surface area (Å²) in [5.74, 6) is -0.563. The van der Waals surface area contributed by atoms with Gasteiger partial charge in [-0.05, 0) is 48.8 Å². The standard InChI is InChI=1S/C25H31F3N4O3S/c1-2-14-8-16(10-18(22(14)34)24-30-6-7-36-24)19-11-29-12-20(19)32-21(33)13-31-23(35)15-4-3-5-17(9-15)25(26,27)28/h3-7,9,14,16,18-20,22,29,34H,2,8,10-13H2,1H3,(H,31,35)(H,32,33)/t14?,16?,18?,19?,20-,22?/m0/s1. The number of amides is 2. The highest BCUT2D eigenvalue weighted by Crippen LogP contribution is 2.45. The van der Waals surface area contributed by atoms with Crippen molar-refractivity contribution in [1.82, 2.24) is 20.9 Å². The molecule has 1 aromatic heterocycles. The van der Waals surface area contributed by atoms with Gasteiger partial charge in [0.05, 0.1) is 23.2 Å². The van der Waals surface area contributed by atoms with Crippen molar-refractivity contribution in [3.63, 3.8) is 0 Å². The van der Waals surface area contributed by atoms with Gasteiger partial charge in [-0.15, -0.1) is 11.3 Å². The topological polar surface area (TPSA) is 103 Å². The molecule has 1 saturated carbocycles. The lowest BCUT2D eigenvalue weighted by Crippen LogP contribution is -2.48. The van der Waals surface area contributed by atoms with Crippen LogP contribution >= 0.6 is 11.3 Å². The molecule has 1 aliphatic carbocycles. The SMILES string of the molecule is CCC1CC(C2CNC[C@@H]2NC(=O)CNC(=O)c2cccc(C(F)(F)F)c2)CC(c2nccs2)C1O. The van der Waals surface area contributed by atoms with Crippen molar-refractivity contribution in [2.75, 3.05) is 19.6 Å². The first kappa shape index (κ1) is 26.6. The van der Waals surface area contributed by atoms with Crippen LogP contribution in [0.5, 0.6) is 0 Å². The van der Waals surface area contributed by atoms with Crippen molar-refractivity contribution < 1.29 is 27.9 Å². The van der Waals surface area contributed by atoms with E-state index < -0.39 is 29.7 Å². The molecule has 1 saturated heterocycles. The summed E-state index contributed by atoms with van der Waals surface area (Å²) in [5.41, 5.74) is -1.07. The number of nitrogens with zero attached hydrogens (tertiary/aromatic N) is 1. The highest BCUT2D eigenvalue weighted by molar-refractivity contribution is 7.09. The smallest absolute Gasteiger partial charge is 0.392 e. The van der Waals surface area contributed by atoms with Gasteiger partial charge in [0, 0.05) is 42.2 Å². The van der Waals surface area contributed by atoms with E-state index in [1.807, 2.05) is 5.38 Å². The maximum atomic E-state index is 12.9. The Morgan fingerprint density at radius 2 is 2.06 bits per heavy atom. The minimum atomic E-state index is -4.55. The van der Waals surface area contributed by atoms with E-state index in [1.165, 1.54) is 6.07 Å². The number of nitrogens with one attached hydrogen (secondary N) is 3. The average Bonchev–Trinajstić information content (AvgIpc) is 3.55. The molecule has 2 aliphatic rings. The van der Waals surface area contributed by atoms with Gasteiger partial charge in [0.15, 0.2) is 0 Å².